The fourth-order valence-corrected chi connectivity index (χ4v) is 4.89. The zero-order valence-corrected chi connectivity index (χ0v) is 18.1. The molecule has 4 aromatic rings. The Hall–Kier alpha value is -2.81. The average molecular weight is 442 g/mol. The van der Waals surface area contributed by atoms with Gasteiger partial charge in [-0.2, -0.15) is 0 Å². The molecule has 2 aromatic heterocycles. The van der Waals surface area contributed by atoms with Crippen molar-refractivity contribution in [1.29, 1.82) is 0 Å². The highest BCUT2D eigenvalue weighted by Crippen LogP contribution is 2.27. The molecule has 0 amide bonds. The average Bonchev–Trinajstić information content (AvgIpc) is 3.26. The maximum absolute atomic E-state index is 13.1. The standard InChI is InChI=1S/C22H20FN3O2S2/c1-15-3-5-17(6-4-15)11-12-30(27,28)24-13-21-16(2)26-14-20(25-22(26)29-21)18-7-9-19(23)10-8-18/h3-12,14,24H,13H2,1-2H3/b12-11+. The topological polar surface area (TPSA) is 63.5 Å². The summed E-state index contributed by atoms with van der Waals surface area (Å²) in [6.07, 6.45) is 3.45. The Bertz CT molecular complexity index is 1320. The van der Waals surface area contributed by atoms with Gasteiger partial charge in [0.1, 0.15) is 5.82 Å². The third-order valence-corrected chi connectivity index (χ3v) is 6.94. The van der Waals surface area contributed by atoms with Gasteiger partial charge in [-0.15, -0.1) is 0 Å². The number of halogens is 1. The number of rotatable bonds is 6. The van der Waals surface area contributed by atoms with E-state index in [4.69, 9.17) is 0 Å². The third-order valence-electron chi connectivity index (χ3n) is 4.74. The molecule has 154 valence electrons. The first-order chi connectivity index (χ1) is 14.3. The molecule has 5 nitrogen and oxygen atoms in total. The van der Waals surface area contributed by atoms with Crippen LogP contribution in [0.3, 0.4) is 0 Å². The lowest BCUT2D eigenvalue weighted by atomic mass is 10.2. The van der Waals surface area contributed by atoms with Crippen molar-refractivity contribution in [3.8, 4) is 11.3 Å². The van der Waals surface area contributed by atoms with E-state index in [0.717, 1.165) is 37.9 Å². The summed E-state index contributed by atoms with van der Waals surface area (Å²) < 4.78 is 42.3. The lowest BCUT2D eigenvalue weighted by molar-refractivity contribution is 0.591. The molecule has 0 saturated carbocycles. The second-order valence-electron chi connectivity index (χ2n) is 6.98. The molecule has 0 unspecified atom stereocenters. The highest BCUT2D eigenvalue weighted by molar-refractivity contribution is 7.92. The molecule has 0 fully saturated rings. The molecular weight excluding hydrogens is 421 g/mol. The smallest absolute Gasteiger partial charge is 0.234 e. The van der Waals surface area contributed by atoms with E-state index in [9.17, 15) is 12.8 Å². The van der Waals surface area contributed by atoms with Gasteiger partial charge in [0.25, 0.3) is 0 Å². The van der Waals surface area contributed by atoms with Gasteiger partial charge in [0.15, 0.2) is 4.96 Å². The zero-order valence-electron chi connectivity index (χ0n) is 16.5. The number of fused-ring (bicyclic) bond motifs is 1. The van der Waals surface area contributed by atoms with Crippen molar-refractivity contribution in [3.05, 3.63) is 87.7 Å². The highest BCUT2D eigenvalue weighted by atomic mass is 32.2. The number of nitrogens with zero attached hydrogens (tertiary/aromatic N) is 2. The Labute approximate surface area is 178 Å². The number of sulfonamides is 1. The third kappa shape index (κ3) is 4.51. The molecule has 30 heavy (non-hydrogen) atoms. The van der Waals surface area contributed by atoms with E-state index in [2.05, 4.69) is 9.71 Å². The van der Waals surface area contributed by atoms with E-state index in [1.165, 1.54) is 28.9 Å². The molecule has 8 heteroatoms. The summed E-state index contributed by atoms with van der Waals surface area (Å²) in [6, 6.07) is 13.8. The van der Waals surface area contributed by atoms with E-state index in [1.54, 1.807) is 18.2 Å². The van der Waals surface area contributed by atoms with Crippen LogP contribution in [0.4, 0.5) is 4.39 Å². The molecule has 0 saturated heterocycles. The molecule has 0 atom stereocenters. The van der Waals surface area contributed by atoms with E-state index in [1.807, 2.05) is 48.7 Å². The molecular formula is C22H20FN3O2S2. The van der Waals surface area contributed by atoms with Crippen molar-refractivity contribution >= 4 is 32.4 Å². The van der Waals surface area contributed by atoms with Crippen LogP contribution in [0.15, 0.2) is 60.1 Å². The molecule has 0 bridgehead atoms. The van der Waals surface area contributed by atoms with Gasteiger partial charge in [-0.3, -0.25) is 4.40 Å². The van der Waals surface area contributed by atoms with Crippen LogP contribution in [0.2, 0.25) is 0 Å². The van der Waals surface area contributed by atoms with Crippen LogP contribution in [0.5, 0.6) is 0 Å². The van der Waals surface area contributed by atoms with E-state index in [0.29, 0.717) is 0 Å². The van der Waals surface area contributed by atoms with Gasteiger partial charge in [-0.25, -0.2) is 22.5 Å². The predicted molar refractivity (Wildman–Crippen MR) is 119 cm³/mol. The van der Waals surface area contributed by atoms with Crippen LogP contribution in [-0.4, -0.2) is 17.8 Å². The molecule has 0 aliphatic rings. The maximum atomic E-state index is 13.1. The van der Waals surface area contributed by atoms with Crippen molar-refractivity contribution in [2.75, 3.05) is 0 Å². The van der Waals surface area contributed by atoms with E-state index < -0.39 is 10.0 Å². The number of imidazole rings is 1. The van der Waals surface area contributed by atoms with Gasteiger partial charge in [0.2, 0.25) is 10.0 Å². The van der Waals surface area contributed by atoms with Gasteiger partial charge in [-0.1, -0.05) is 41.2 Å². The number of benzene rings is 2. The summed E-state index contributed by atoms with van der Waals surface area (Å²) in [5, 5.41) is 1.18. The summed E-state index contributed by atoms with van der Waals surface area (Å²) in [4.78, 5) is 6.23. The number of aromatic nitrogens is 2. The van der Waals surface area contributed by atoms with Crippen LogP contribution >= 0.6 is 11.3 Å². The summed E-state index contributed by atoms with van der Waals surface area (Å²) in [5.41, 5.74) is 4.44. The van der Waals surface area contributed by atoms with Crippen molar-refractivity contribution < 1.29 is 12.8 Å². The Morgan fingerprint density at radius 3 is 2.47 bits per heavy atom. The van der Waals surface area contributed by atoms with Crippen LogP contribution in [0.25, 0.3) is 22.3 Å². The summed E-state index contributed by atoms with van der Waals surface area (Å²) in [6.45, 7) is 4.09. The molecule has 0 aliphatic heterocycles. The number of hydrogen-bond donors (Lipinski definition) is 1. The zero-order chi connectivity index (χ0) is 21.3. The molecule has 0 aliphatic carbocycles. The number of nitrogens with one attached hydrogen (secondary N) is 1. The second kappa shape index (κ2) is 8.14. The van der Waals surface area contributed by atoms with Gasteiger partial charge in [0.05, 0.1) is 5.69 Å². The normalized spacial score (nSPS) is 12.2. The van der Waals surface area contributed by atoms with E-state index in [-0.39, 0.29) is 12.4 Å². The van der Waals surface area contributed by atoms with Crippen LogP contribution in [0, 0.1) is 19.7 Å². The summed E-state index contributed by atoms with van der Waals surface area (Å²) in [5.74, 6) is -0.290. The van der Waals surface area contributed by atoms with Crippen LogP contribution in [0.1, 0.15) is 21.7 Å². The SMILES string of the molecule is Cc1ccc(/C=C/S(=O)(=O)NCc2sc3nc(-c4ccc(F)cc4)cn3c2C)cc1. The van der Waals surface area contributed by atoms with Crippen molar-refractivity contribution in [2.45, 2.75) is 20.4 Å². The molecule has 2 heterocycles. The summed E-state index contributed by atoms with van der Waals surface area (Å²) in [7, 11) is -3.57. The van der Waals surface area contributed by atoms with Gasteiger partial charge in [0, 0.05) is 34.3 Å². The number of aryl methyl sites for hydroxylation is 2. The largest absolute Gasteiger partial charge is 0.294 e. The Kier molecular flexibility index (Phi) is 5.55. The van der Waals surface area contributed by atoms with Gasteiger partial charge >= 0.3 is 0 Å². The maximum Gasteiger partial charge on any atom is 0.234 e. The second-order valence-corrected chi connectivity index (χ2v) is 9.69. The van der Waals surface area contributed by atoms with Crippen molar-refractivity contribution in [1.82, 2.24) is 14.1 Å². The predicted octanol–water partition coefficient (Wildman–Crippen LogP) is 4.91. The molecule has 1 N–H and O–H groups in total. The minimum atomic E-state index is -3.57. The highest BCUT2D eigenvalue weighted by Gasteiger charge is 2.14. The molecule has 0 radical (unpaired) electrons. The lowest BCUT2D eigenvalue weighted by Crippen LogP contribution is -2.20. The van der Waals surface area contributed by atoms with Gasteiger partial charge < -0.3 is 0 Å². The fraction of sp³-hybridized carbons (Fsp3) is 0.136. The van der Waals surface area contributed by atoms with Crippen molar-refractivity contribution in [2.24, 2.45) is 0 Å². The summed E-state index contributed by atoms with van der Waals surface area (Å²) >= 11 is 1.43. The monoisotopic (exact) mass is 441 g/mol. The Morgan fingerprint density at radius 1 is 1.10 bits per heavy atom. The number of hydrogen-bond acceptors (Lipinski definition) is 4. The van der Waals surface area contributed by atoms with E-state index >= 15 is 0 Å². The lowest BCUT2D eigenvalue weighted by Gasteiger charge is -2.02. The molecule has 2 aromatic carbocycles. The first kappa shape index (κ1) is 20.5. The first-order valence-corrected chi connectivity index (χ1v) is 11.6. The van der Waals surface area contributed by atoms with Crippen LogP contribution in [-0.2, 0) is 16.6 Å². The fourth-order valence-electron chi connectivity index (χ4n) is 2.98. The molecule has 4 rings (SSSR count). The number of thiazole rings is 1. The Balaban J connectivity index is 1.48. The first-order valence-electron chi connectivity index (χ1n) is 9.28. The minimum absolute atomic E-state index is 0.187. The quantitative estimate of drug-likeness (QED) is 0.462. The molecule has 0 spiro atoms. The van der Waals surface area contributed by atoms with Gasteiger partial charge in [-0.05, 0) is 49.8 Å². The van der Waals surface area contributed by atoms with Crippen LogP contribution < -0.4 is 4.72 Å². The Morgan fingerprint density at radius 2 is 1.80 bits per heavy atom. The van der Waals surface area contributed by atoms with Crippen molar-refractivity contribution in [3.63, 3.8) is 0 Å². The minimum Gasteiger partial charge on any atom is -0.294 e.